The molecule has 0 aliphatic carbocycles. The molecular formula is C17H9IO2. The summed E-state index contributed by atoms with van der Waals surface area (Å²) in [5, 5.41) is 9.18. The fourth-order valence-corrected chi connectivity index (χ4v) is 1.95. The molecule has 2 aromatic carbocycles. The molecule has 1 N–H and O–H groups in total. The predicted octanol–water partition coefficient (Wildman–Crippen LogP) is 3.37. The quantitative estimate of drug-likeness (QED) is 0.616. The summed E-state index contributed by atoms with van der Waals surface area (Å²) >= 11 is 2.21. The number of rotatable bonds is 1. The van der Waals surface area contributed by atoms with Gasteiger partial charge in [-0.3, -0.25) is 0 Å². The fraction of sp³-hybridized carbons (Fsp3) is 0. The number of carboxylic acids is 1. The molecule has 3 heteroatoms. The van der Waals surface area contributed by atoms with Crippen LogP contribution in [0.3, 0.4) is 0 Å². The van der Waals surface area contributed by atoms with Crippen LogP contribution >= 0.6 is 22.6 Å². The van der Waals surface area contributed by atoms with Crippen molar-refractivity contribution in [3.05, 3.63) is 68.3 Å². The Hall–Kier alpha value is -2.24. The van der Waals surface area contributed by atoms with Crippen LogP contribution in [-0.2, 0) is 0 Å². The second kappa shape index (κ2) is 6.27. The lowest BCUT2D eigenvalue weighted by Gasteiger charge is -2.00. The van der Waals surface area contributed by atoms with Gasteiger partial charge in [0.2, 0.25) is 0 Å². The van der Waals surface area contributed by atoms with Crippen molar-refractivity contribution in [3.63, 3.8) is 0 Å². The molecule has 2 rings (SSSR count). The Balaban J connectivity index is 2.42. The summed E-state index contributed by atoms with van der Waals surface area (Å²) in [5.74, 6) is 7.22. The third-order valence-corrected chi connectivity index (χ3v) is 3.32. The standard InChI is InChI=1S/C17H9IO2/c1-2-12-3-7-14(16(11-12)17(19)20)8-4-13-5-9-15(18)10-6-13/h1,3,5-7,9-11H,(H,19,20). The number of aromatic carboxylic acids is 1. The van der Waals surface area contributed by atoms with Crippen molar-refractivity contribution in [2.24, 2.45) is 0 Å². The topological polar surface area (TPSA) is 37.3 Å². The van der Waals surface area contributed by atoms with Crippen molar-refractivity contribution < 1.29 is 9.90 Å². The van der Waals surface area contributed by atoms with Crippen LogP contribution in [0.2, 0.25) is 0 Å². The van der Waals surface area contributed by atoms with E-state index in [4.69, 9.17) is 6.42 Å². The van der Waals surface area contributed by atoms with Crippen LogP contribution < -0.4 is 0 Å². The molecule has 0 fully saturated rings. The molecule has 0 atom stereocenters. The minimum Gasteiger partial charge on any atom is -0.478 e. The maximum absolute atomic E-state index is 11.2. The molecule has 96 valence electrons. The SMILES string of the molecule is C#Cc1ccc(C#Cc2ccc(I)cc2)c(C(=O)O)c1. The first-order valence-corrected chi connectivity index (χ1v) is 6.79. The molecule has 0 amide bonds. The minimum absolute atomic E-state index is 0.124. The molecule has 0 saturated heterocycles. The number of terminal acetylenes is 1. The van der Waals surface area contributed by atoms with Crippen molar-refractivity contribution in [1.82, 2.24) is 0 Å². The Morgan fingerprint density at radius 1 is 1.05 bits per heavy atom. The van der Waals surface area contributed by atoms with E-state index in [9.17, 15) is 9.90 Å². The fourth-order valence-electron chi connectivity index (χ4n) is 1.59. The first-order valence-electron chi connectivity index (χ1n) is 5.71. The minimum atomic E-state index is -1.03. The normalized spacial score (nSPS) is 9.20. The van der Waals surface area contributed by atoms with Gasteiger partial charge in [-0.2, -0.15) is 0 Å². The van der Waals surface area contributed by atoms with Crippen LogP contribution in [0.25, 0.3) is 0 Å². The molecule has 0 radical (unpaired) electrons. The molecule has 0 bridgehead atoms. The van der Waals surface area contributed by atoms with E-state index in [2.05, 4.69) is 40.4 Å². The highest BCUT2D eigenvalue weighted by atomic mass is 127. The summed E-state index contributed by atoms with van der Waals surface area (Å²) in [6.45, 7) is 0. The second-order valence-electron chi connectivity index (χ2n) is 3.97. The van der Waals surface area contributed by atoms with Crippen LogP contribution in [0.4, 0.5) is 0 Å². The van der Waals surface area contributed by atoms with E-state index in [1.165, 1.54) is 6.07 Å². The number of halogens is 1. The van der Waals surface area contributed by atoms with Gasteiger partial charge in [-0.1, -0.05) is 17.8 Å². The molecule has 2 aromatic rings. The van der Waals surface area contributed by atoms with Crippen molar-refractivity contribution in [2.75, 3.05) is 0 Å². The Labute approximate surface area is 131 Å². The van der Waals surface area contributed by atoms with Crippen LogP contribution in [0.1, 0.15) is 27.0 Å². The first-order chi connectivity index (χ1) is 9.60. The Morgan fingerprint density at radius 2 is 1.70 bits per heavy atom. The van der Waals surface area contributed by atoms with E-state index in [-0.39, 0.29) is 5.56 Å². The summed E-state index contributed by atoms with van der Waals surface area (Å²) in [6, 6.07) is 12.5. The molecule has 0 aliphatic rings. The maximum Gasteiger partial charge on any atom is 0.337 e. The number of carbonyl (C=O) groups is 1. The molecule has 20 heavy (non-hydrogen) atoms. The zero-order chi connectivity index (χ0) is 14.5. The lowest BCUT2D eigenvalue weighted by molar-refractivity contribution is 0.0696. The molecule has 0 saturated carbocycles. The first kappa shape index (κ1) is 14.2. The molecule has 0 unspecified atom stereocenters. The van der Waals surface area contributed by atoms with Gasteiger partial charge in [-0.25, -0.2) is 4.79 Å². The van der Waals surface area contributed by atoms with Crippen LogP contribution in [0.15, 0.2) is 42.5 Å². The third kappa shape index (κ3) is 3.40. The molecule has 0 aromatic heterocycles. The molecule has 0 spiro atoms. The van der Waals surface area contributed by atoms with E-state index < -0.39 is 5.97 Å². The number of hydrogen-bond acceptors (Lipinski definition) is 1. The van der Waals surface area contributed by atoms with Gasteiger partial charge in [0, 0.05) is 20.3 Å². The molecule has 0 aliphatic heterocycles. The van der Waals surface area contributed by atoms with Gasteiger partial charge in [-0.05, 0) is 65.1 Å². The van der Waals surface area contributed by atoms with E-state index in [0.29, 0.717) is 11.1 Å². The van der Waals surface area contributed by atoms with Crippen molar-refractivity contribution >= 4 is 28.6 Å². The average molecular weight is 372 g/mol. The Bertz CT molecular complexity index is 756. The summed E-state index contributed by atoms with van der Waals surface area (Å²) in [6.07, 6.45) is 5.27. The zero-order valence-electron chi connectivity index (χ0n) is 10.4. The number of carboxylic acid groups (broad SMARTS) is 1. The average Bonchev–Trinajstić information content (AvgIpc) is 2.46. The van der Waals surface area contributed by atoms with E-state index in [0.717, 1.165) is 9.13 Å². The van der Waals surface area contributed by atoms with Crippen molar-refractivity contribution in [1.29, 1.82) is 0 Å². The summed E-state index contributed by atoms with van der Waals surface area (Å²) in [7, 11) is 0. The number of hydrogen-bond donors (Lipinski definition) is 1. The Morgan fingerprint density at radius 3 is 2.30 bits per heavy atom. The summed E-state index contributed by atoms with van der Waals surface area (Å²) in [4.78, 5) is 11.2. The van der Waals surface area contributed by atoms with Gasteiger partial charge in [0.25, 0.3) is 0 Å². The van der Waals surface area contributed by atoms with Crippen LogP contribution in [0, 0.1) is 27.8 Å². The highest BCUT2D eigenvalue weighted by molar-refractivity contribution is 14.1. The third-order valence-electron chi connectivity index (χ3n) is 2.60. The van der Waals surface area contributed by atoms with Gasteiger partial charge in [0.15, 0.2) is 0 Å². The largest absolute Gasteiger partial charge is 0.478 e. The van der Waals surface area contributed by atoms with E-state index in [1.807, 2.05) is 24.3 Å². The van der Waals surface area contributed by atoms with Gasteiger partial charge < -0.3 is 5.11 Å². The van der Waals surface area contributed by atoms with Gasteiger partial charge in [0.05, 0.1) is 5.56 Å². The van der Waals surface area contributed by atoms with Crippen LogP contribution in [0.5, 0.6) is 0 Å². The zero-order valence-corrected chi connectivity index (χ0v) is 12.5. The van der Waals surface area contributed by atoms with Gasteiger partial charge in [0.1, 0.15) is 0 Å². The molecular weight excluding hydrogens is 363 g/mol. The smallest absolute Gasteiger partial charge is 0.337 e. The predicted molar refractivity (Wildman–Crippen MR) is 86.5 cm³/mol. The Kier molecular flexibility index (Phi) is 4.45. The summed E-state index contributed by atoms with van der Waals surface area (Å²) in [5.41, 5.74) is 1.94. The maximum atomic E-state index is 11.2. The summed E-state index contributed by atoms with van der Waals surface area (Å²) < 4.78 is 1.12. The van der Waals surface area contributed by atoms with Crippen LogP contribution in [-0.4, -0.2) is 11.1 Å². The van der Waals surface area contributed by atoms with Gasteiger partial charge >= 0.3 is 5.97 Å². The lowest BCUT2D eigenvalue weighted by atomic mass is 10.0. The van der Waals surface area contributed by atoms with Gasteiger partial charge in [-0.15, -0.1) is 6.42 Å². The highest BCUT2D eigenvalue weighted by Gasteiger charge is 2.08. The van der Waals surface area contributed by atoms with E-state index >= 15 is 0 Å². The lowest BCUT2D eigenvalue weighted by Crippen LogP contribution is -2.00. The van der Waals surface area contributed by atoms with Crippen molar-refractivity contribution in [2.45, 2.75) is 0 Å². The number of benzene rings is 2. The molecule has 2 nitrogen and oxygen atoms in total. The van der Waals surface area contributed by atoms with E-state index in [1.54, 1.807) is 12.1 Å². The second-order valence-corrected chi connectivity index (χ2v) is 5.21. The molecule has 0 heterocycles. The highest BCUT2D eigenvalue weighted by Crippen LogP contribution is 2.12. The van der Waals surface area contributed by atoms with Crippen molar-refractivity contribution in [3.8, 4) is 24.2 Å². The monoisotopic (exact) mass is 372 g/mol.